The Labute approximate surface area is 153 Å². The summed E-state index contributed by atoms with van der Waals surface area (Å²) in [5, 5.41) is 2.84. The number of carbonyl (C=O) groups excluding carboxylic acids is 3. The predicted molar refractivity (Wildman–Crippen MR) is 96.4 cm³/mol. The standard InChI is InChI=1S/C20H24N2O4/c1-26-15-8-6-14(7-9-15)10-12-21-18(23)11-13-22-19(24)16-4-2-3-5-17(16)20(22)25/h2-3,6-9,16-17H,4-5,10-13H2,1H3,(H,21,23)/t16-,17+. The number of imide groups is 1. The number of nitrogens with zero attached hydrogens (tertiary/aromatic N) is 1. The van der Waals surface area contributed by atoms with Gasteiger partial charge in [0.05, 0.1) is 18.9 Å². The summed E-state index contributed by atoms with van der Waals surface area (Å²) in [7, 11) is 1.62. The van der Waals surface area contributed by atoms with Gasteiger partial charge in [-0.25, -0.2) is 0 Å². The maximum absolute atomic E-state index is 12.3. The largest absolute Gasteiger partial charge is 0.497 e. The summed E-state index contributed by atoms with van der Waals surface area (Å²) in [5.74, 6) is -0.0670. The SMILES string of the molecule is COc1ccc(CCNC(=O)CCN2C(=O)[C@H]3CC=CC[C@H]3C2=O)cc1. The quantitative estimate of drug-likeness (QED) is 0.596. The highest BCUT2D eigenvalue weighted by Crippen LogP contribution is 2.34. The molecule has 1 fully saturated rings. The van der Waals surface area contributed by atoms with Gasteiger partial charge in [-0.3, -0.25) is 19.3 Å². The van der Waals surface area contributed by atoms with E-state index in [4.69, 9.17) is 4.74 Å². The smallest absolute Gasteiger partial charge is 0.233 e. The Kier molecular flexibility index (Phi) is 5.71. The lowest BCUT2D eigenvalue weighted by atomic mass is 9.85. The second kappa shape index (κ2) is 8.17. The highest BCUT2D eigenvalue weighted by molar-refractivity contribution is 6.05. The lowest BCUT2D eigenvalue weighted by Crippen LogP contribution is -2.35. The van der Waals surface area contributed by atoms with E-state index in [1.165, 1.54) is 4.90 Å². The molecule has 1 aromatic rings. The summed E-state index contributed by atoms with van der Waals surface area (Å²) in [6, 6.07) is 7.69. The van der Waals surface area contributed by atoms with Gasteiger partial charge in [-0.15, -0.1) is 0 Å². The zero-order valence-corrected chi connectivity index (χ0v) is 14.9. The van der Waals surface area contributed by atoms with Gasteiger partial charge in [-0.05, 0) is 37.0 Å². The van der Waals surface area contributed by atoms with Crippen LogP contribution in [0.2, 0.25) is 0 Å². The van der Waals surface area contributed by atoms with Gasteiger partial charge < -0.3 is 10.1 Å². The zero-order chi connectivity index (χ0) is 18.5. The fourth-order valence-electron chi connectivity index (χ4n) is 3.53. The number of allylic oxidation sites excluding steroid dienone is 2. The second-order valence-electron chi connectivity index (χ2n) is 6.68. The number of amides is 3. The molecule has 0 bridgehead atoms. The summed E-state index contributed by atoms with van der Waals surface area (Å²) in [6.45, 7) is 0.682. The van der Waals surface area contributed by atoms with Gasteiger partial charge in [0.1, 0.15) is 5.75 Å². The minimum atomic E-state index is -0.231. The van der Waals surface area contributed by atoms with Gasteiger partial charge in [-0.2, -0.15) is 0 Å². The average molecular weight is 356 g/mol. The van der Waals surface area contributed by atoms with Gasteiger partial charge in [0.15, 0.2) is 0 Å². The minimum Gasteiger partial charge on any atom is -0.497 e. The number of hydrogen-bond donors (Lipinski definition) is 1. The van der Waals surface area contributed by atoms with Crippen molar-refractivity contribution in [1.82, 2.24) is 10.2 Å². The number of fused-ring (bicyclic) bond motifs is 1. The van der Waals surface area contributed by atoms with E-state index in [9.17, 15) is 14.4 Å². The molecule has 1 saturated heterocycles. The van der Waals surface area contributed by atoms with Crippen molar-refractivity contribution >= 4 is 17.7 Å². The molecule has 0 spiro atoms. The van der Waals surface area contributed by atoms with Crippen LogP contribution >= 0.6 is 0 Å². The van der Waals surface area contributed by atoms with Gasteiger partial charge in [0.25, 0.3) is 0 Å². The molecule has 1 heterocycles. The third kappa shape index (κ3) is 3.95. The normalized spacial score (nSPS) is 21.7. The molecule has 26 heavy (non-hydrogen) atoms. The van der Waals surface area contributed by atoms with Crippen molar-refractivity contribution in [3.8, 4) is 5.75 Å². The van der Waals surface area contributed by atoms with Crippen molar-refractivity contribution in [2.45, 2.75) is 25.7 Å². The number of carbonyl (C=O) groups is 3. The van der Waals surface area contributed by atoms with E-state index in [1.54, 1.807) is 7.11 Å². The van der Waals surface area contributed by atoms with Crippen molar-refractivity contribution in [2.24, 2.45) is 11.8 Å². The van der Waals surface area contributed by atoms with Crippen LogP contribution < -0.4 is 10.1 Å². The number of benzene rings is 1. The molecule has 3 amide bonds. The van der Waals surface area contributed by atoms with E-state index in [0.717, 1.165) is 11.3 Å². The van der Waals surface area contributed by atoms with Crippen molar-refractivity contribution in [2.75, 3.05) is 20.2 Å². The number of nitrogens with one attached hydrogen (secondary N) is 1. The molecular weight excluding hydrogens is 332 g/mol. The molecule has 1 aliphatic carbocycles. The number of methoxy groups -OCH3 is 1. The third-order valence-corrected chi connectivity index (χ3v) is 5.06. The van der Waals surface area contributed by atoms with E-state index in [2.05, 4.69) is 5.32 Å². The van der Waals surface area contributed by atoms with Crippen LogP contribution in [0.25, 0.3) is 0 Å². The topological polar surface area (TPSA) is 75.7 Å². The van der Waals surface area contributed by atoms with E-state index in [0.29, 0.717) is 25.8 Å². The third-order valence-electron chi connectivity index (χ3n) is 5.06. The first-order valence-electron chi connectivity index (χ1n) is 9.00. The first kappa shape index (κ1) is 18.2. The molecule has 1 aromatic carbocycles. The van der Waals surface area contributed by atoms with Crippen LogP contribution in [0.1, 0.15) is 24.8 Å². The van der Waals surface area contributed by atoms with Crippen molar-refractivity contribution in [1.29, 1.82) is 0 Å². The lowest BCUT2D eigenvalue weighted by molar-refractivity contribution is -0.140. The monoisotopic (exact) mass is 356 g/mol. The van der Waals surface area contributed by atoms with Crippen LogP contribution in [0.5, 0.6) is 5.75 Å². The summed E-state index contributed by atoms with van der Waals surface area (Å²) in [6.07, 6.45) is 6.03. The number of rotatable bonds is 7. The lowest BCUT2D eigenvalue weighted by Gasteiger charge is -2.14. The molecule has 0 unspecified atom stereocenters. The highest BCUT2D eigenvalue weighted by Gasteiger charge is 2.46. The summed E-state index contributed by atoms with van der Waals surface area (Å²) >= 11 is 0. The van der Waals surface area contributed by atoms with Gasteiger partial charge in [0, 0.05) is 19.5 Å². The summed E-state index contributed by atoms with van der Waals surface area (Å²) in [4.78, 5) is 38.0. The van der Waals surface area contributed by atoms with E-state index < -0.39 is 0 Å². The molecule has 3 rings (SSSR count). The molecule has 0 saturated carbocycles. The van der Waals surface area contributed by atoms with Gasteiger partial charge in [0.2, 0.25) is 17.7 Å². The first-order chi connectivity index (χ1) is 12.6. The van der Waals surface area contributed by atoms with Crippen LogP contribution in [0, 0.1) is 11.8 Å². The molecule has 1 aliphatic heterocycles. The van der Waals surface area contributed by atoms with Gasteiger partial charge in [-0.1, -0.05) is 24.3 Å². The van der Waals surface area contributed by atoms with Crippen molar-refractivity contribution in [3.63, 3.8) is 0 Å². The van der Waals surface area contributed by atoms with Crippen LogP contribution in [0.4, 0.5) is 0 Å². The Morgan fingerprint density at radius 2 is 1.73 bits per heavy atom. The second-order valence-corrected chi connectivity index (χ2v) is 6.68. The molecule has 0 radical (unpaired) electrons. The van der Waals surface area contributed by atoms with Gasteiger partial charge >= 0.3 is 0 Å². The predicted octanol–water partition coefficient (Wildman–Crippen LogP) is 1.70. The van der Waals surface area contributed by atoms with Crippen molar-refractivity contribution < 1.29 is 19.1 Å². The van der Waals surface area contributed by atoms with Crippen LogP contribution in [-0.2, 0) is 20.8 Å². The highest BCUT2D eigenvalue weighted by atomic mass is 16.5. The number of ether oxygens (including phenoxy) is 1. The fraction of sp³-hybridized carbons (Fsp3) is 0.450. The van der Waals surface area contributed by atoms with E-state index in [1.807, 2.05) is 36.4 Å². The average Bonchev–Trinajstić information content (AvgIpc) is 2.91. The van der Waals surface area contributed by atoms with Crippen LogP contribution in [0.3, 0.4) is 0 Å². The Bertz CT molecular complexity index is 685. The Morgan fingerprint density at radius 1 is 1.12 bits per heavy atom. The zero-order valence-electron chi connectivity index (χ0n) is 14.9. The Morgan fingerprint density at radius 3 is 2.31 bits per heavy atom. The summed E-state index contributed by atoms with van der Waals surface area (Å²) < 4.78 is 5.11. The van der Waals surface area contributed by atoms with Crippen LogP contribution in [0.15, 0.2) is 36.4 Å². The molecule has 6 nitrogen and oxygen atoms in total. The molecule has 2 atom stereocenters. The van der Waals surface area contributed by atoms with E-state index in [-0.39, 0.29) is 42.5 Å². The molecule has 1 N–H and O–H groups in total. The molecule has 2 aliphatic rings. The molecular formula is C20H24N2O4. The Hall–Kier alpha value is -2.63. The molecule has 6 heteroatoms. The first-order valence-corrected chi connectivity index (χ1v) is 9.00. The number of likely N-dealkylation sites (tertiary alicyclic amines) is 1. The maximum Gasteiger partial charge on any atom is 0.233 e. The minimum absolute atomic E-state index is 0.129. The number of hydrogen-bond acceptors (Lipinski definition) is 4. The fourth-order valence-corrected chi connectivity index (χ4v) is 3.53. The van der Waals surface area contributed by atoms with Crippen LogP contribution in [-0.4, -0.2) is 42.8 Å². The Balaban J connectivity index is 1.41. The maximum atomic E-state index is 12.3. The van der Waals surface area contributed by atoms with Crippen molar-refractivity contribution in [3.05, 3.63) is 42.0 Å². The van der Waals surface area contributed by atoms with E-state index >= 15 is 0 Å². The summed E-state index contributed by atoms with van der Waals surface area (Å²) in [5.41, 5.74) is 1.10. The molecule has 138 valence electrons. The molecule has 0 aromatic heterocycles.